The molecule has 0 saturated carbocycles. The van der Waals surface area contributed by atoms with Gasteiger partial charge in [0, 0.05) is 25.3 Å². The van der Waals surface area contributed by atoms with Gasteiger partial charge in [0.05, 0.1) is 31.4 Å². The minimum absolute atomic E-state index is 0.131. The molecule has 1 fully saturated rings. The van der Waals surface area contributed by atoms with E-state index >= 15 is 0 Å². The number of carbonyl (C=O) groups excluding carboxylic acids is 2. The van der Waals surface area contributed by atoms with E-state index in [0.29, 0.717) is 35.6 Å². The summed E-state index contributed by atoms with van der Waals surface area (Å²) in [5.41, 5.74) is 0.704. The zero-order valence-corrected chi connectivity index (χ0v) is 19.4. The van der Waals surface area contributed by atoms with Crippen molar-refractivity contribution in [3.63, 3.8) is 0 Å². The first-order valence-corrected chi connectivity index (χ1v) is 10.5. The lowest BCUT2D eigenvalue weighted by atomic mass is 10.1. The Bertz CT molecular complexity index is 1050. The molecule has 33 heavy (non-hydrogen) atoms. The summed E-state index contributed by atoms with van der Waals surface area (Å²) >= 11 is 0. The summed E-state index contributed by atoms with van der Waals surface area (Å²) in [6, 6.07) is 6.41. The van der Waals surface area contributed by atoms with Crippen molar-refractivity contribution in [3.05, 3.63) is 35.9 Å². The van der Waals surface area contributed by atoms with Crippen LogP contribution in [0.25, 0.3) is 11.3 Å². The lowest BCUT2D eigenvalue weighted by molar-refractivity contribution is 0.0146. The first-order valence-electron chi connectivity index (χ1n) is 10.5. The Hall–Kier alpha value is -3.58. The van der Waals surface area contributed by atoms with Gasteiger partial charge in [-0.2, -0.15) is 5.26 Å². The maximum absolute atomic E-state index is 12.8. The summed E-state index contributed by atoms with van der Waals surface area (Å²) in [4.78, 5) is 31.2. The summed E-state index contributed by atoms with van der Waals surface area (Å²) in [6.45, 7) is 6.00. The molecule has 2 aromatic rings. The monoisotopic (exact) mass is 456 g/mol. The standard InChI is InChI=1S/C23H28N4O6/c1-23(2,3)33-22(29)27-11-15(9-16(27)12-30-4)25-20(28)21-26-18(13-32-21)17-8-14(10-24)6-7-19(17)31-5/h6-8,13,15-16H,9,11-12H2,1-5H3,(H,25,28)/t15-,16+/m1/s1. The van der Waals surface area contributed by atoms with Crippen molar-refractivity contribution in [1.82, 2.24) is 15.2 Å². The summed E-state index contributed by atoms with van der Waals surface area (Å²) in [6.07, 6.45) is 1.39. The zero-order chi connectivity index (χ0) is 24.2. The largest absolute Gasteiger partial charge is 0.496 e. The molecule has 2 amide bonds. The molecule has 3 rings (SSSR count). The van der Waals surface area contributed by atoms with Crippen LogP contribution < -0.4 is 10.1 Å². The molecule has 1 aromatic carbocycles. The van der Waals surface area contributed by atoms with Crippen molar-refractivity contribution in [2.75, 3.05) is 27.4 Å². The molecule has 10 nitrogen and oxygen atoms in total. The maximum Gasteiger partial charge on any atom is 0.410 e. The number of benzene rings is 1. The number of ether oxygens (including phenoxy) is 3. The highest BCUT2D eigenvalue weighted by molar-refractivity contribution is 5.90. The fourth-order valence-electron chi connectivity index (χ4n) is 3.64. The summed E-state index contributed by atoms with van der Waals surface area (Å²) < 4.78 is 21.4. The SMILES string of the molecule is COC[C@@H]1C[C@@H](NC(=O)c2nc(-c3cc(C#N)ccc3OC)co2)CN1C(=O)OC(C)(C)C. The van der Waals surface area contributed by atoms with Crippen LogP contribution in [0.5, 0.6) is 5.75 Å². The zero-order valence-electron chi connectivity index (χ0n) is 19.4. The van der Waals surface area contributed by atoms with Gasteiger partial charge in [0.2, 0.25) is 0 Å². The van der Waals surface area contributed by atoms with E-state index in [9.17, 15) is 9.59 Å². The summed E-state index contributed by atoms with van der Waals surface area (Å²) in [7, 11) is 3.06. The van der Waals surface area contributed by atoms with E-state index in [4.69, 9.17) is 23.9 Å². The Labute approximate surface area is 192 Å². The molecule has 1 aliphatic rings. The third-order valence-electron chi connectivity index (χ3n) is 5.04. The van der Waals surface area contributed by atoms with Crippen molar-refractivity contribution >= 4 is 12.0 Å². The first kappa shape index (κ1) is 24.1. The molecule has 0 radical (unpaired) electrons. The number of nitrogens with zero attached hydrogens (tertiary/aromatic N) is 3. The van der Waals surface area contributed by atoms with Gasteiger partial charge >= 0.3 is 12.0 Å². The van der Waals surface area contributed by atoms with E-state index in [0.717, 1.165) is 0 Å². The van der Waals surface area contributed by atoms with Crippen LogP contribution in [-0.2, 0) is 9.47 Å². The Morgan fingerprint density at radius 3 is 2.73 bits per heavy atom. The smallest absolute Gasteiger partial charge is 0.410 e. The van der Waals surface area contributed by atoms with Gasteiger partial charge in [0.15, 0.2) is 0 Å². The summed E-state index contributed by atoms with van der Waals surface area (Å²) in [5, 5.41) is 12.0. The van der Waals surface area contributed by atoms with Crippen molar-refractivity contribution in [3.8, 4) is 23.1 Å². The predicted molar refractivity (Wildman–Crippen MR) is 118 cm³/mol. The van der Waals surface area contributed by atoms with Crippen molar-refractivity contribution in [1.29, 1.82) is 5.26 Å². The van der Waals surface area contributed by atoms with Gasteiger partial charge in [0.1, 0.15) is 23.3 Å². The number of hydrogen-bond acceptors (Lipinski definition) is 8. The quantitative estimate of drug-likeness (QED) is 0.703. The number of hydrogen-bond donors (Lipinski definition) is 1. The van der Waals surface area contributed by atoms with Crippen LogP contribution >= 0.6 is 0 Å². The normalized spacial score (nSPS) is 18.0. The third-order valence-corrected chi connectivity index (χ3v) is 5.04. The second-order valence-electron chi connectivity index (χ2n) is 8.71. The van der Waals surface area contributed by atoms with Gasteiger partial charge in [-0.1, -0.05) is 0 Å². The van der Waals surface area contributed by atoms with Crippen LogP contribution in [0.15, 0.2) is 28.9 Å². The van der Waals surface area contributed by atoms with Gasteiger partial charge in [0.25, 0.3) is 5.89 Å². The Kier molecular flexibility index (Phi) is 7.23. The molecule has 1 aromatic heterocycles. The molecular formula is C23H28N4O6. The molecule has 1 saturated heterocycles. The highest BCUT2D eigenvalue weighted by Gasteiger charge is 2.38. The van der Waals surface area contributed by atoms with Gasteiger partial charge in [-0.05, 0) is 45.4 Å². The number of rotatable bonds is 6. The second-order valence-corrected chi connectivity index (χ2v) is 8.71. The third kappa shape index (κ3) is 5.81. The molecule has 1 N–H and O–H groups in total. The van der Waals surface area contributed by atoms with Crippen LogP contribution in [0.4, 0.5) is 4.79 Å². The number of methoxy groups -OCH3 is 2. The molecule has 0 spiro atoms. The number of nitriles is 1. The molecule has 2 atom stereocenters. The Morgan fingerprint density at radius 1 is 1.33 bits per heavy atom. The molecule has 1 aliphatic heterocycles. The predicted octanol–water partition coefficient (Wildman–Crippen LogP) is 2.98. The fourth-order valence-corrected chi connectivity index (χ4v) is 3.64. The molecule has 176 valence electrons. The topological polar surface area (TPSA) is 127 Å². The maximum atomic E-state index is 12.8. The molecule has 10 heteroatoms. The summed E-state index contributed by atoms with van der Waals surface area (Å²) in [5.74, 6) is -0.141. The van der Waals surface area contributed by atoms with Crippen molar-refractivity contribution < 1.29 is 28.2 Å². The number of amides is 2. The number of aromatic nitrogens is 1. The van der Waals surface area contributed by atoms with Crippen molar-refractivity contribution in [2.24, 2.45) is 0 Å². The number of oxazole rings is 1. The highest BCUT2D eigenvalue weighted by atomic mass is 16.6. The number of likely N-dealkylation sites (tertiary alicyclic amines) is 1. The van der Waals surface area contributed by atoms with E-state index in [1.165, 1.54) is 13.4 Å². The minimum atomic E-state index is -0.631. The van der Waals surface area contributed by atoms with E-state index in [-0.39, 0.29) is 24.5 Å². The highest BCUT2D eigenvalue weighted by Crippen LogP contribution is 2.30. The Balaban J connectivity index is 1.72. The lowest BCUT2D eigenvalue weighted by Crippen LogP contribution is -2.43. The minimum Gasteiger partial charge on any atom is -0.496 e. The molecule has 0 bridgehead atoms. The van der Waals surface area contributed by atoms with Crippen LogP contribution in [-0.4, -0.2) is 66.9 Å². The lowest BCUT2D eigenvalue weighted by Gasteiger charge is -2.28. The second kappa shape index (κ2) is 9.92. The molecular weight excluding hydrogens is 428 g/mol. The van der Waals surface area contributed by atoms with Crippen LogP contribution in [0.2, 0.25) is 0 Å². The van der Waals surface area contributed by atoms with Gasteiger partial charge in [-0.15, -0.1) is 0 Å². The van der Waals surface area contributed by atoms with Crippen LogP contribution in [0.1, 0.15) is 43.4 Å². The van der Waals surface area contributed by atoms with Gasteiger partial charge in [-0.3, -0.25) is 4.79 Å². The molecule has 2 heterocycles. The van der Waals surface area contributed by atoms with Gasteiger partial charge < -0.3 is 28.8 Å². The van der Waals surface area contributed by atoms with E-state index in [1.54, 1.807) is 51.0 Å². The van der Waals surface area contributed by atoms with Gasteiger partial charge in [-0.25, -0.2) is 9.78 Å². The molecule has 0 unspecified atom stereocenters. The first-order chi connectivity index (χ1) is 15.6. The van der Waals surface area contributed by atoms with E-state index in [2.05, 4.69) is 16.4 Å². The number of nitrogens with one attached hydrogen (secondary N) is 1. The van der Waals surface area contributed by atoms with Crippen molar-refractivity contribution in [2.45, 2.75) is 44.9 Å². The number of carbonyl (C=O) groups is 2. The Morgan fingerprint density at radius 2 is 2.09 bits per heavy atom. The average molecular weight is 456 g/mol. The molecule has 0 aliphatic carbocycles. The van der Waals surface area contributed by atoms with Crippen LogP contribution in [0.3, 0.4) is 0 Å². The van der Waals surface area contributed by atoms with E-state index in [1.807, 2.05) is 0 Å². The van der Waals surface area contributed by atoms with Crippen LogP contribution in [0, 0.1) is 11.3 Å². The van der Waals surface area contributed by atoms with E-state index < -0.39 is 17.6 Å². The fraction of sp³-hybridized carbons (Fsp3) is 0.478. The average Bonchev–Trinajstić information content (AvgIpc) is 3.40.